The fourth-order valence-electron chi connectivity index (χ4n) is 3.81. The van der Waals surface area contributed by atoms with Gasteiger partial charge in [0.25, 0.3) is 0 Å². The van der Waals surface area contributed by atoms with Crippen LogP contribution in [0.15, 0.2) is 0 Å². The van der Waals surface area contributed by atoms with Crippen molar-refractivity contribution in [3.63, 3.8) is 0 Å². The van der Waals surface area contributed by atoms with E-state index in [1.54, 1.807) is 0 Å². The van der Waals surface area contributed by atoms with Crippen LogP contribution >= 0.6 is 0 Å². The minimum atomic E-state index is -3.54. The van der Waals surface area contributed by atoms with Crippen molar-refractivity contribution in [2.75, 3.05) is 11.5 Å². The lowest BCUT2D eigenvalue weighted by Gasteiger charge is -2.16. The number of hydrogen-bond acceptors (Lipinski definition) is 4. The van der Waals surface area contributed by atoms with Crippen molar-refractivity contribution in [1.82, 2.24) is 0 Å². The zero-order valence-corrected chi connectivity index (χ0v) is 21.1. The number of unbranched alkanes of at least 4 members (excludes halogenated alkanes) is 15. The molecule has 0 N–H and O–H groups in total. The molecule has 0 saturated heterocycles. The van der Waals surface area contributed by atoms with Gasteiger partial charge in [-0.25, -0.2) is 16.8 Å². The first kappa shape index (κ1) is 28.9. The van der Waals surface area contributed by atoms with Crippen LogP contribution in [0.4, 0.5) is 0 Å². The molecule has 0 radical (unpaired) electrons. The summed E-state index contributed by atoms with van der Waals surface area (Å²) in [7, 11) is -7.08. The van der Waals surface area contributed by atoms with E-state index in [0.29, 0.717) is 6.42 Å². The molecule has 29 heavy (non-hydrogen) atoms. The third-order valence-electron chi connectivity index (χ3n) is 5.90. The minimum absolute atomic E-state index is 0.101. The summed E-state index contributed by atoms with van der Waals surface area (Å²) in [5.74, 6) is -0.203. The third kappa shape index (κ3) is 14.5. The molecule has 0 unspecified atom stereocenters. The number of hydrogen-bond donors (Lipinski definition) is 0. The van der Waals surface area contributed by atoms with Crippen molar-refractivity contribution in [3.05, 3.63) is 0 Å². The van der Waals surface area contributed by atoms with Crippen LogP contribution in [0, 0.1) is 0 Å². The van der Waals surface area contributed by atoms with Crippen LogP contribution in [0.3, 0.4) is 0 Å². The molecule has 0 saturated carbocycles. The van der Waals surface area contributed by atoms with E-state index < -0.39 is 24.3 Å². The fraction of sp³-hybridized carbons (Fsp3) is 1.00. The molecule has 176 valence electrons. The standard InChI is InChI=1S/C23H48O4S2/c1-4-7-8-9-10-11-12-13-14-15-16-17-18-19-20-21-22-23(28(24,25)5-2)29(26,27)6-3/h23H,4-22H2,1-3H3. The summed E-state index contributed by atoms with van der Waals surface area (Å²) in [5.41, 5.74) is 0. The topological polar surface area (TPSA) is 68.3 Å². The Kier molecular flexibility index (Phi) is 17.5. The molecule has 0 aliphatic rings. The van der Waals surface area contributed by atoms with E-state index in [0.717, 1.165) is 12.8 Å². The van der Waals surface area contributed by atoms with Gasteiger partial charge < -0.3 is 0 Å². The predicted octanol–water partition coefficient (Wildman–Crippen LogP) is 6.83. The molecule has 6 heteroatoms. The first-order valence-electron chi connectivity index (χ1n) is 12.2. The second-order valence-corrected chi connectivity index (χ2v) is 13.7. The zero-order valence-electron chi connectivity index (χ0n) is 19.5. The molecule has 0 aliphatic carbocycles. The summed E-state index contributed by atoms with van der Waals surface area (Å²) in [5, 5.41) is 0. The molecule has 0 bridgehead atoms. The van der Waals surface area contributed by atoms with E-state index >= 15 is 0 Å². The van der Waals surface area contributed by atoms with Crippen molar-refractivity contribution in [3.8, 4) is 0 Å². The molecule has 0 amide bonds. The monoisotopic (exact) mass is 452 g/mol. The van der Waals surface area contributed by atoms with Gasteiger partial charge in [-0.3, -0.25) is 0 Å². The van der Waals surface area contributed by atoms with Crippen molar-refractivity contribution in [2.45, 2.75) is 135 Å². The lowest BCUT2D eigenvalue weighted by Crippen LogP contribution is -2.33. The predicted molar refractivity (Wildman–Crippen MR) is 127 cm³/mol. The highest BCUT2D eigenvalue weighted by molar-refractivity contribution is 8.09. The van der Waals surface area contributed by atoms with Gasteiger partial charge in [0, 0.05) is 11.5 Å². The average Bonchev–Trinajstić information content (AvgIpc) is 2.70. The van der Waals surface area contributed by atoms with Crippen molar-refractivity contribution >= 4 is 19.7 Å². The maximum absolute atomic E-state index is 12.1. The van der Waals surface area contributed by atoms with Crippen LogP contribution in [0.25, 0.3) is 0 Å². The molecule has 0 rings (SSSR count). The maximum Gasteiger partial charge on any atom is 0.167 e. The first-order chi connectivity index (χ1) is 13.8. The highest BCUT2D eigenvalue weighted by Gasteiger charge is 2.34. The summed E-state index contributed by atoms with van der Waals surface area (Å²) < 4.78 is 47.3. The Morgan fingerprint density at radius 1 is 0.448 bits per heavy atom. The number of rotatable bonds is 21. The van der Waals surface area contributed by atoms with Crippen LogP contribution in [0.1, 0.15) is 130 Å². The quantitative estimate of drug-likeness (QED) is 0.179. The van der Waals surface area contributed by atoms with Gasteiger partial charge in [-0.2, -0.15) is 0 Å². The van der Waals surface area contributed by atoms with E-state index in [4.69, 9.17) is 0 Å². The lowest BCUT2D eigenvalue weighted by atomic mass is 10.0. The lowest BCUT2D eigenvalue weighted by molar-refractivity contribution is 0.525. The SMILES string of the molecule is CCCCCCCCCCCCCCCCCCC(S(=O)(=O)CC)S(=O)(=O)CC. The molecule has 0 aromatic carbocycles. The molecule has 0 fully saturated rings. The van der Waals surface area contributed by atoms with E-state index in [-0.39, 0.29) is 17.9 Å². The highest BCUT2D eigenvalue weighted by Crippen LogP contribution is 2.20. The average molecular weight is 453 g/mol. The van der Waals surface area contributed by atoms with Gasteiger partial charge in [0.1, 0.15) is 0 Å². The van der Waals surface area contributed by atoms with Gasteiger partial charge in [-0.15, -0.1) is 0 Å². The van der Waals surface area contributed by atoms with Gasteiger partial charge in [-0.1, -0.05) is 124 Å². The van der Waals surface area contributed by atoms with Crippen molar-refractivity contribution in [1.29, 1.82) is 0 Å². The first-order valence-corrected chi connectivity index (χ1v) is 15.7. The summed E-state index contributed by atoms with van der Waals surface area (Å²) in [6.45, 7) is 5.32. The molecular weight excluding hydrogens is 404 g/mol. The maximum atomic E-state index is 12.1. The van der Waals surface area contributed by atoms with Crippen molar-refractivity contribution in [2.24, 2.45) is 0 Å². The Balaban J connectivity index is 3.65. The Bertz CT molecular complexity index is 534. The summed E-state index contributed by atoms with van der Waals surface area (Å²) >= 11 is 0. The van der Waals surface area contributed by atoms with E-state index in [2.05, 4.69) is 6.92 Å². The molecule has 4 nitrogen and oxygen atoms in total. The molecule has 0 spiro atoms. The second kappa shape index (κ2) is 17.6. The van der Waals surface area contributed by atoms with E-state index in [1.165, 1.54) is 97.3 Å². The summed E-state index contributed by atoms with van der Waals surface area (Å²) in [6.07, 6.45) is 20.4. The summed E-state index contributed by atoms with van der Waals surface area (Å²) in [4.78, 5) is 0. The molecule has 0 atom stereocenters. The van der Waals surface area contributed by atoms with Gasteiger partial charge in [-0.05, 0) is 6.42 Å². The zero-order chi connectivity index (χ0) is 22.0. The fourth-order valence-corrected chi connectivity index (χ4v) is 8.21. The van der Waals surface area contributed by atoms with E-state index in [1.807, 2.05) is 0 Å². The minimum Gasteiger partial charge on any atom is -0.228 e. The molecule has 0 aliphatic heterocycles. The van der Waals surface area contributed by atoms with Crippen LogP contribution in [-0.4, -0.2) is 32.9 Å². The van der Waals surface area contributed by atoms with Crippen molar-refractivity contribution < 1.29 is 16.8 Å². The Hall–Kier alpha value is -0.100. The van der Waals surface area contributed by atoms with Gasteiger partial charge in [0.2, 0.25) is 0 Å². The molecule has 0 aromatic rings. The normalized spacial score (nSPS) is 12.7. The third-order valence-corrected chi connectivity index (χ3v) is 11.3. The second-order valence-electron chi connectivity index (χ2n) is 8.42. The van der Waals surface area contributed by atoms with Gasteiger partial charge in [0.15, 0.2) is 24.3 Å². The molecule has 0 heterocycles. The smallest absolute Gasteiger partial charge is 0.167 e. The molecular formula is C23H48O4S2. The van der Waals surface area contributed by atoms with Crippen LogP contribution in [0.2, 0.25) is 0 Å². The highest BCUT2D eigenvalue weighted by atomic mass is 32.3. The number of sulfone groups is 2. The van der Waals surface area contributed by atoms with E-state index in [9.17, 15) is 16.8 Å². The summed E-state index contributed by atoms with van der Waals surface area (Å²) in [6, 6.07) is 0. The van der Waals surface area contributed by atoms with Gasteiger partial charge in [0.05, 0.1) is 0 Å². The Morgan fingerprint density at radius 3 is 1.00 bits per heavy atom. The van der Waals surface area contributed by atoms with Crippen LogP contribution in [-0.2, 0) is 19.7 Å². The Labute approximate surface area is 182 Å². The van der Waals surface area contributed by atoms with Gasteiger partial charge >= 0.3 is 0 Å². The molecule has 0 aromatic heterocycles. The largest absolute Gasteiger partial charge is 0.228 e. The van der Waals surface area contributed by atoms with Crippen LogP contribution in [0.5, 0.6) is 0 Å². The van der Waals surface area contributed by atoms with Crippen LogP contribution < -0.4 is 0 Å². The Morgan fingerprint density at radius 2 is 0.724 bits per heavy atom.